The second-order valence-electron chi connectivity index (χ2n) is 10.3. The van der Waals surface area contributed by atoms with Gasteiger partial charge in [-0.1, -0.05) is 20.8 Å². The van der Waals surface area contributed by atoms with E-state index in [4.69, 9.17) is 0 Å². The Kier molecular flexibility index (Phi) is 7.77. The van der Waals surface area contributed by atoms with Crippen molar-refractivity contribution in [3.8, 4) is 0 Å². The minimum atomic E-state index is -2.44. The van der Waals surface area contributed by atoms with Gasteiger partial charge in [0, 0.05) is 12.6 Å². The summed E-state index contributed by atoms with van der Waals surface area (Å²) in [6.07, 6.45) is 0.385. The Morgan fingerprint density at radius 1 is 0.632 bits per heavy atom. The third kappa shape index (κ3) is 5.30. The first-order valence-electron chi connectivity index (χ1n) is 11.0. The number of rotatable bonds is 5. The molecule has 0 aromatic heterocycles. The highest BCUT2D eigenvalue weighted by Crippen LogP contribution is 2.46. The molecule has 0 heterocycles. The number of carbonyl (C=O) groups excluding carboxylic acids is 2. The maximum Gasteiger partial charge on any atom is 0.257 e. The summed E-state index contributed by atoms with van der Waals surface area (Å²) >= 11 is 0. The van der Waals surface area contributed by atoms with E-state index in [0.717, 1.165) is 0 Å². The highest BCUT2D eigenvalue weighted by atomic mass is 19.2. The van der Waals surface area contributed by atoms with E-state index in [1.54, 1.807) is 20.8 Å². The first kappa shape index (κ1) is 29.2. The maximum absolute atomic E-state index is 14.1. The number of hydrogen-bond acceptors (Lipinski definition) is 2. The summed E-state index contributed by atoms with van der Waals surface area (Å²) < 4.78 is 137. The van der Waals surface area contributed by atoms with Crippen LogP contribution in [0.2, 0.25) is 0 Å². The first-order chi connectivity index (χ1) is 17.4. The van der Waals surface area contributed by atoms with Gasteiger partial charge in [0.25, 0.3) is 11.8 Å². The fourth-order valence-electron chi connectivity index (χ4n) is 5.12. The van der Waals surface area contributed by atoms with E-state index in [9.17, 15) is 53.5 Å². The van der Waals surface area contributed by atoms with Gasteiger partial charge in [0.05, 0.1) is 0 Å². The van der Waals surface area contributed by atoms with Crippen molar-refractivity contribution in [2.75, 3.05) is 6.54 Å². The van der Waals surface area contributed by atoms with Gasteiger partial charge in [0.1, 0.15) is 11.1 Å². The molecule has 4 nitrogen and oxygen atoms in total. The van der Waals surface area contributed by atoms with E-state index in [1.807, 2.05) is 0 Å². The predicted octanol–water partition coefficient (Wildman–Crippen LogP) is 5.82. The van der Waals surface area contributed by atoms with Crippen LogP contribution in [0, 0.1) is 69.0 Å². The highest BCUT2D eigenvalue weighted by Gasteiger charge is 2.43. The van der Waals surface area contributed by atoms with Gasteiger partial charge >= 0.3 is 0 Å². The highest BCUT2D eigenvalue weighted by molar-refractivity contribution is 5.95. The lowest BCUT2D eigenvalue weighted by molar-refractivity contribution is 0.0585. The van der Waals surface area contributed by atoms with E-state index in [0.29, 0.717) is 0 Å². The van der Waals surface area contributed by atoms with Crippen LogP contribution in [0.15, 0.2) is 0 Å². The van der Waals surface area contributed by atoms with Crippen molar-refractivity contribution in [2.24, 2.45) is 10.8 Å². The summed E-state index contributed by atoms with van der Waals surface area (Å²) in [6.45, 7) is 4.55. The minimum Gasteiger partial charge on any atom is -0.351 e. The Morgan fingerprint density at radius 2 is 1.00 bits per heavy atom. The summed E-state index contributed by atoms with van der Waals surface area (Å²) in [7, 11) is 0. The molecule has 14 heteroatoms. The van der Waals surface area contributed by atoms with Gasteiger partial charge in [0.2, 0.25) is 11.6 Å². The Morgan fingerprint density at radius 3 is 1.42 bits per heavy atom. The van der Waals surface area contributed by atoms with E-state index in [2.05, 4.69) is 10.6 Å². The van der Waals surface area contributed by atoms with E-state index in [-0.39, 0.29) is 19.3 Å². The standard InChI is InChI=1S/C24H20F10N2O2/c1-23(2)4-8(36-22(38)10-13(27)17(31)20(34)18(32)14(10)28)5-24(3,6-23)7-35-21(37)9-11(25)15(29)19(33)16(30)12(9)26/h8H,4-7H2,1-3H3,(H,35,37)(H,36,38). The van der Waals surface area contributed by atoms with Crippen LogP contribution in [0.3, 0.4) is 0 Å². The van der Waals surface area contributed by atoms with Crippen molar-refractivity contribution in [3.63, 3.8) is 0 Å². The van der Waals surface area contributed by atoms with Crippen LogP contribution in [0.4, 0.5) is 43.9 Å². The molecule has 2 unspecified atom stereocenters. The second-order valence-corrected chi connectivity index (χ2v) is 10.3. The Labute approximate surface area is 209 Å². The SMILES string of the molecule is CC1(C)CC(NC(=O)c2c(F)c(F)c(F)c(F)c2F)CC(C)(CNC(=O)c2c(F)c(F)c(F)c(F)c2F)C1. The van der Waals surface area contributed by atoms with Crippen LogP contribution in [-0.2, 0) is 0 Å². The topological polar surface area (TPSA) is 58.2 Å². The second kappa shape index (κ2) is 10.1. The molecule has 2 aromatic carbocycles. The molecule has 2 atom stereocenters. The number of halogens is 10. The molecular weight excluding hydrogens is 538 g/mol. The molecule has 2 N–H and O–H groups in total. The molecule has 1 aliphatic rings. The maximum atomic E-state index is 14.1. The number of benzene rings is 2. The summed E-state index contributed by atoms with van der Waals surface area (Å²) in [6, 6.07) is -0.933. The molecule has 0 radical (unpaired) electrons. The van der Waals surface area contributed by atoms with Gasteiger partial charge in [-0.2, -0.15) is 0 Å². The van der Waals surface area contributed by atoms with Crippen molar-refractivity contribution in [2.45, 2.75) is 46.1 Å². The molecular formula is C24H20F10N2O2. The van der Waals surface area contributed by atoms with Crippen LogP contribution in [-0.4, -0.2) is 24.4 Å². The Balaban J connectivity index is 1.82. The lowest BCUT2D eigenvalue weighted by atomic mass is 9.62. The molecule has 2 amide bonds. The predicted molar refractivity (Wildman–Crippen MR) is 112 cm³/mol. The monoisotopic (exact) mass is 558 g/mol. The zero-order chi connectivity index (χ0) is 28.9. The molecule has 0 saturated heterocycles. The lowest BCUT2D eigenvalue weighted by Gasteiger charge is -2.47. The molecule has 0 spiro atoms. The first-order valence-corrected chi connectivity index (χ1v) is 11.0. The summed E-state index contributed by atoms with van der Waals surface area (Å²) in [5, 5.41) is 4.31. The summed E-state index contributed by atoms with van der Waals surface area (Å²) in [5.41, 5.74) is -5.06. The largest absolute Gasteiger partial charge is 0.351 e. The molecule has 1 aliphatic carbocycles. The number of carbonyl (C=O) groups is 2. The molecule has 1 fully saturated rings. The van der Waals surface area contributed by atoms with Crippen LogP contribution < -0.4 is 10.6 Å². The van der Waals surface area contributed by atoms with Crippen molar-refractivity contribution < 1.29 is 53.5 Å². The third-order valence-electron chi connectivity index (χ3n) is 6.33. The van der Waals surface area contributed by atoms with Gasteiger partial charge in [0.15, 0.2) is 46.5 Å². The van der Waals surface area contributed by atoms with Crippen molar-refractivity contribution in [1.29, 1.82) is 0 Å². The van der Waals surface area contributed by atoms with Gasteiger partial charge in [-0.15, -0.1) is 0 Å². The molecule has 208 valence electrons. The summed E-state index contributed by atoms with van der Waals surface area (Å²) in [5.74, 6) is -26.6. The van der Waals surface area contributed by atoms with Gasteiger partial charge < -0.3 is 10.6 Å². The van der Waals surface area contributed by atoms with Crippen molar-refractivity contribution in [3.05, 3.63) is 69.3 Å². The van der Waals surface area contributed by atoms with Crippen molar-refractivity contribution in [1.82, 2.24) is 10.6 Å². The molecule has 0 bridgehead atoms. The average molecular weight is 558 g/mol. The molecule has 1 saturated carbocycles. The molecule has 0 aliphatic heterocycles. The van der Waals surface area contributed by atoms with Gasteiger partial charge in [-0.3, -0.25) is 9.59 Å². The number of hydrogen-bond donors (Lipinski definition) is 2. The molecule has 38 heavy (non-hydrogen) atoms. The zero-order valence-corrected chi connectivity index (χ0v) is 20.0. The Bertz CT molecular complexity index is 1270. The van der Waals surface area contributed by atoms with Crippen LogP contribution in [0.1, 0.15) is 60.7 Å². The van der Waals surface area contributed by atoms with Crippen LogP contribution in [0.5, 0.6) is 0 Å². The smallest absolute Gasteiger partial charge is 0.257 e. The molecule has 3 rings (SSSR count). The lowest BCUT2D eigenvalue weighted by Crippen LogP contribution is -2.50. The van der Waals surface area contributed by atoms with E-state index < -0.39 is 105 Å². The van der Waals surface area contributed by atoms with Gasteiger partial charge in [-0.05, 0) is 30.1 Å². The normalized spacial score (nSPS) is 20.8. The minimum absolute atomic E-state index is 0.0606. The molecule has 2 aromatic rings. The van der Waals surface area contributed by atoms with Gasteiger partial charge in [-0.25, -0.2) is 43.9 Å². The zero-order valence-electron chi connectivity index (χ0n) is 20.0. The number of nitrogens with one attached hydrogen (secondary N) is 2. The van der Waals surface area contributed by atoms with Crippen molar-refractivity contribution >= 4 is 11.8 Å². The van der Waals surface area contributed by atoms with E-state index >= 15 is 0 Å². The quantitative estimate of drug-likeness (QED) is 0.276. The number of amides is 2. The van der Waals surface area contributed by atoms with Crippen LogP contribution in [0.25, 0.3) is 0 Å². The third-order valence-corrected chi connectivity index (χ3v) is 6.33. The fourth-order valence-corrected chi connectivity index (χ4v) is 5.12. The fraction of sp³-hybridized carbons (Fsp3) is 0.417. The van der Waals surface area contributed by atoms with Crippen LogP contribution >= 0.6 is 0 Å². The Hall–Kier alpha value is -3.32. The van der Waals surface area contributed by atoms with E-state index in [1.165, 1.54) is 0 Å². The summed E-state index contributed by atoms with van der Waals surface area (Å²) in [4.78, 5) is 24.9. The average Bonchev–Trinajstić information content (AvgIpc) is 2.81.